The van der Waals surface area contributed by atoms with Crippen LogP contribution in [0.2, 0.25) is 0 Å². The first kappa shape index (κ1) is 13.9. The number of rotatable bonds is 6. The van der Waals surface area contributed by atoms with Gasteiger partial charge in [-0.2, -0.15) is 0 Å². The zero-order valence-corrected chi connectivity index (χ0v) is 9.93. The molecule has 0 spiro atoms. The topological polar surface area (TPSA) is 107 Å². The van der Waals surface area contributed by atoms with E-state index in [9.17, 15) is 9.36 Å². The average molecular weight is 259 g/mol. The van der Waals surface area contributed by atoms with Crippen LogP contribution in [0.15, 0.2) is 24.3 Å². The minimum atomic E-state index is -3.95. The Morgan fingerprint density at radius 1 is 1.24 bits per heavy atom. The molecular weight excluding hydrogens is 245 g/mol. The predicted octanol–water partition coefficient (Wildman–Crippen LogP) is 0.652. The van der Waals surface area contributed by atoms with Gasteiger partial charge in [-0.1, -0.05) is 12.1 Å². The molecule has 0 aliphatic carbocycles. The third kappa shape index (κ3) is 5.60. The van der Waals surface area contributed by atoms with E-state index in [2.05, 4.69) is 5.32 Å². The van der Waals surface area contributed by atoms with E-state index in [1.54, 1.807) is 12.1 Å². The highest BCUT2D eigenvalue weighted by Crippen LogP contribution is 2.32. The highest BCUT2D eigenvalue weighted by atomic mass is 31.2. The third-order valence-electron chi connectivity index (χ3n) is 2.11. The maximum atomic E-state index is 10.6. The number of hydrogen-bond donors (Lipinski definition) is 4. The van der Waals surface area contributed by atoms with Gasteiger partial charge in [-0.15, -0.1) is 0 Å². The van der Waals surface area contributed by atoms with Crippen molar-refractivity contribution in [2.24, 2.45) is 0 Å². The number of nitrogens with one attached hydrogen (secondary N) is 1. The third-order valence-corrected chi connectivity index (χ3v) is 2.92. The van der Waals surface area contributed by atoms with Crippen LogP contribution in [0, 0.1) is 0 Å². The number of carbonyl (C=O) groups is 1. The zero-order valence-electron chi connectivity index (χ0n) is 9.04. The summed E-state index contributed by atoms with van der Waals surface area (Å²) >= 11 is 0. The van der Waals surface area contributed by atoms with Crippen molar-refractivity contribution < 1.29 is 24.3 Å². The zero-order chi connectivity index (χ0) is 12.9. The molecule has 0 aliphatic rings. The smallest absolute Gasteiger partial charge is 0.335 e. The molecule has 0 fully saturated rings. The number of aromatic carboxylic acids is 1. The highest BCUT2D eigenvalue weighted by molar-refractivity contribution is 7.51. The number of hydrogen-bond acceptors (Lipinski definition) is 3. The molecule has 0 atom stereocenters. The Hall–Kier alpha value is -1.20. The first-order valence-corrected chi connectivity index (χ1v) is 6.76. The molecule has 7 heteroatoms. The lowest BCUT2D eigenvalue weighted by atomic mass is 10.1. The van der Waals surface area contributed by atoms with Crippen LogP contribution in [-0.4, -0.2) is 33.6 Å². The SMILES string of the molecule is O=C(O)c1ccc(CNCCP(=O)(O)O)cc1. The number of carboxylic acid groups (broad SMARTS) is 1. The standard InChI is InChI=1S/C10H14NO5P/c12-10(13)9-3-1-8(2-4-9)7-11-5-6-17(14,15)16/h1-4,11H,5-7H2,(H,12,13)(H2,14,15,16). The fraction of sp³-hybridized carbons (Fsp3) is 0.300. The Morgan fingerprint density at radius 3 is 2.29 bits per heavy atom. The Balaban J connectivity index is 2.38. The van der Waals surface area contributed by atoms with Crippen molar-refractivity contribution >= 4 is 13.6 Å². The van der Waals surface area contributed by atoms with E-state index < -0.39 is 13.6 Å². The minimum absolute atomic E-state index is 0.208. The molecule has 0 unspecified atom stereocenters. The number of carboxylic acids is 1. The van der Waals surface area contributed by atoms with Gasteiger partial charge in [0, 0.05) is 13.1 Å². The fourth-order valence-electron chi connectivity index (χ4n) is 1.22. The van der Waals surface area contributed by atoms with Gasteiger partial charge >= 0.3 is 13.6 Å². The van der Waals surface area contributed by atoms with Crippen molar-refractivity contribution in [3.63, 3.8) is 0 Å². The Kier molecular flexibility index (Phi) is 4.84. The predicted molar refractivity (Wildman–Crippen MR) is 62.0 cm³/mol. The summed E-state index contributed by atoms with van der Waals surface area (Å²) in [5, 5.41) is 11.5. The summed E-state index contributed by atoms with van der Waals surface area (Å²) in [6.07, 6.45) is -0.208. The molecule has 0 amide bonds. The van der Waals surface area contributed by atoms with E-state index in [-0.39, 0.29) is 18.3 Å². The molecule has 1 aromatic carbocycles. The summed E-state index contributed by atoms with van der Waals surface area (Å²) < 4.78 is 10.6. The molecule has 0 aliphatic heterocycles. The van der Waals surface area contributed by atoms with E-state index in [1.807, 2.05) is 0 Å². The number of benzene rings is 1. The monoisotopic (exact) mass is 259 g/mol. The van der Waals surface area contributed by atoms with Crippen LogP contribution >= 0.6 is 7.60 Å². The molecule has 0 bridgehead atoms. The van der Waals surface area contributed by atoms with Gasteiger partial charge in [0.1, 0.15) is 0 Å². The summed E-state index contributed by atoms with van der Waals surface area (Å²) in [5.41, 5.74) is 1.07. The summed E-state index contributed by atoms with van der Waals surface area (Å²) in [4.78, 5) is 27.8. The lowest BCUT2D eigenvalue weighted by Gasteiger charge is -2.06. The van der Waals surface area contributed by atoms with Gasteiger partial charge in [0.25, 0.3) is 0 Å². The molecule has 0 saturated carbocycles. The molecule has 1 rings (SSSR count). The van der Waals surface area contributed by atoms with Gasteiger partial charge in [0.05, 0.1) is 11.7 Å². The molecule has 1 aromatic rings. The van der Waals surface area contributed by atoms with E-state index >= 15 is 0 Å². The second-order valence-corrected chi connectivity index (χ2v) is 5.34. The second kappa shape index (κ2) is 5.93. The van der Waals surface area contributed by atoms with Crippen LogP contribution in [-0.2, 0) is 11.1 Å². The lowest BCUT2D eigenvalue weighted by Crippen LogP contribution is -2.17. The van der Waals surface area contributed by atoms with Gasteiger partial charge in [0.15, 0.2) is 0 Å². The van der Waals surface area contributed by atoms with Crippen molar-refractivity contribution in [3.8, 4) is 0 Å². The van der Waals surface area contributed by atoms with Crippen LogP contribution in [0.4, 0.5) is 0 Å². The molecule has 0 radical (unpaired) electrons. The largest absolute Gasteiger partial charge is 0.478 e. The van der Waals surface area contributed by atoms with E-state index in [4.69, 9.17) is 14.9 Å². The Bertz CT molecular complexity index is 425. The summed E-state index contributed by atoms with van der Waals surface area (Å²) in [5.74, 6) is -0.981. The van der Waals surface area contributed by atoms with Gasteiger partial charge in [-0.05, 0) is 17.7 Å². The molecule has 6 nitrogen and oxygen atoms in total. The Labute approximate surface area is 98.4 Å². The summed E-state index contributed by atoms with van der Waals surface area (Å²) in [7, 11) is -3.95. The van der Waals surface area contributed by atoms with Crippen LogP contribution in [0.3, 0.4) is 0 Å². The Morgan fingerprint density at radius 2 is 1.82 bits per heavy atom. The molecule has 17 heavy (non-hydrogen) atoms. The molecular formula is C10H14NO5P. The van der Waals surface area contributed by atoms with Crippen LogP contribution < -0.4 is 5.32 Å². The molecule has 0 heterocycles. The first-order chi connectivity index (χ1) is 7.88. The second-order valence-electron chi connectivity index (χ2n) is 3.57. The molecule has 4 N–H and O–H groups in total. The molecule has 0 saturated heterocycles. The minimum Gasteiger partial charge on any atom is -0.478 e. The fourth-order valence-corrected chi connectivity index (χ4v) is 1.67. The van der Waals surface area contributed by atoms with E-state index in [0.29, 0.717) is 6.54 Å². The van der Waals surface area contributed by atoms with Crippen molar-refractivity contribution in [1.82, 2.24) is 5.32 Å². The van der Waals surface area contributed by atoms with E-state index in [1.165, 1.54) is 12.1 Å². The van der Waals surface area contributed by atoms with Gasteiger partial charge in [-0.25, -0.2) is 4.79 Å². The summed E-state index contributed by atoms with van der Waals surface area (Å²) in [6, 6.07) is 6.30. The maximum absolute atomic E-state index is 10.6. The average Bonchev–Trinajstić information content (AvgIpc) is 2.24. The van der Waals surface area contributed by atoms with Gasteiger partial charge in [-0.3, -0.25) is 4.57 Å². The molecule has 94 valence electrons. The van der Waals surface area contributed by atoms with E-state index in [0.717, 1.165) is 5.56 Å². The maximum Gasteiger partial charge on any atom is 0.335 e. The van der Waals surface area contributed by atoms with Gasteiger partial charge < -0.3 is 20.2 Å². The van der Waals surface area contributed by atoms with Crippen LogP contribution in [0.25, 0.3) is 0 Å². The quantitative estimate of drug-likeness (QED) is 0.441. The van der Waals surface area contributed by atoms with Crippen LogP contribution in [0.5, 0.6) is 0 Å². The first-order valence-electron chi connectivity index (χ1n) is 4.96. The van der Waals surface area contributed by atoms with Crippen molar-refractivity contribution in [2.45, 2.75) is 6.54 Å². The van der Waals surface area contributed by atoms with Crippen molar-refractivity contribution in [1.29, 1.82) is 0 Å². The van der Waals surface area contributed by atoms with Crippen LogP contribution in [0.1, 0.15) is 15.9 Å². The normalized spacial score (nSPS) is 11.4. The van der Waals surface area contributed by atoms with Crippen molar-refractivity contribution in [3.05, 3.63) is 35.4 Å². The summed E-state index contributed by atoms with van der Waals surface area (Å²) in [6.45, 7) is 0.658. The van der Waals surface area contributed by atoms with Crippen molar-refractivity contribution in [2.75, 3.05) is 12.7 Å². The molecule has 0 aromatic heterocycles. The lowest BCUT2D eigenvalue weighted by molar-refractivity contribution is 0.0697. The van der Waals surface area contributed by atoms with Gasteiger partial charge in [0.2, 0.25) is 0 Å². The highest BCUT2D eigenvalue weighted by Gasteiger charge is 2.11.